The molecule has 0 fully saturated rings. The Labute approximate surface area is 97.2 Å². The number of aliphatic hydroxyl groups excluding tert-OH is 1. The number of nitrogens with one attached hydrogen (secondary N) is 1. The molecule has 0 saturated carbocycles. The van der Waals surface area contributed by atoms with Crippen molar-refractivity contribution >= 4 is 15.7 Å². The normalized spacial score (nSPS) is 14.6. The van der Waals surface area contributed by atoms with Crippen LogP contribution in [0.5, 0.6) is 0 Å². The Morgan fingerprint density at radius 2 is 1.94 bits per heavy atom. The Hall–Kier alpha value is -0.620. The van der Waals surface area contributed by atoms with Gasteiger partial charge in [-0.2, -0.15) is 0 Å². The van der Waals surface area contributed by atoms with E-state index in [-0.39, 0.29) is 18.9 Å². The van der Waals surface area contributed by atoms with Crippen molar-refractivity contribution in [3.05, 3.63) is 0 Å². The van der Waals surface area contributed by atoms with E-state index in [1.54, 1.807) is 20.8 Å². The number of carbonyl (C=O) groups excluding carboxylic acids is 1. The first-order valence-corrected chi connectivity index (χ1v) is 7.10. The molecule has 0 aliphatic carbocycles. The van der Waals surface area contributed by atoms with Crippen molar-refractivity contribution in [1.29, 1.82) is 0 Å². The molecule has 0 spiro atoms. The molecule has 6 heteroatoms. The summed E-state index contributed by atoms with van der Waals surface area (Å²) >= 11 is 0. The second-order valence-electron chi connectivity index (χ2n) is 4.70. The molecule has 0 aromatic heterocycles. The molecule has 1 unspecified atom stereocenters. The molecule has 0 radical (unpaired) electrons. The van der Waals surface area contributed by atoms with Crippen LogP contribution in [0.2, 0.25) is 0 Å². The zero-order valence-electron chi connectivity index (χ0n) is 10.3. The summed E-state index contributed by atoms with van der Waals surface area (Å²) < 4.78 is 21.7. The van der Waals surface area contributed by atoms with Crippen LogP contribution < -0.4 is 5.32 Å². The van der Waals surface area contributed by atoms with Crippen LogP contribution in [0, 0.1) is 0 Å². The van der Waals surface area contributed by atoms with E-state index in [4.69, 9.17) is 5.11 Å². The highest BCUT2D eigenvalue weighted by Crippen LogP contribution is 2.13. The fourth-order valence-corrected chi connectivity index (χ4v) is 1.21. The van der Waals surface area contributed by atoms with Crippen LogP contribution in [0.15, 0.2) is 0 Å². The molecule has 96 valence electrons. The summed E-state index contributed by atoms with van der Waals surface area (Å²) in [5.74, 6) is -0.238. The van der Waals surface area contributed by atoms with Crippen molar-refractivity contribution in [2.45, 2.75) is 44.5 Å². The second-order valence-corrected chi connectivity index (χ2v) is 7.35. The number of hydrogen-bond acceptors (Lipinski definition) is 4. The highest BCUT2D eigenvalue weighted by atomic mass is 32.2. The summed E-state index contributed by atoms with van der Waals surface area (Å²) in [6.45, 7) is 4.83. The van der Waals surface area contributed by atoms with Gasteiger partial charge in [-0.05, 0) is 27.2 Å². The molecule has 0 aliphatic heterocycles. The molecule has 2 N–H and O–H groups in total. The molecule has 16 heavy (non-hydrogen) atoms. The van der Waals surface area contributed by atoms with Gasteiger partial charge in [0.15, 0.2) is 9.84 Å². The maximum Gasteiger partial charge on any atom is 0.220 e. The standard InChI is InChI=1S/C10H21NO4S/c1-8(12)5-6-9(13)11-7-10(2,3)16(4,14)15/h8,12H,5-7H2,1-4H3,(H,11,13). The second kappa shape index (κ2) is 5.63. The van der Waals surface area contributed by atoms with Gasteiger partial charge in [0.05, 0.1) is 10.9 Å². The van der Waals surface area contributed by atoms with Gasteiger partial charge in [-0.3, -0.25) is 4.79 Å². The number of carbonyl (C=O) groups is 1. The Bertz CT molecular complexity index is 333. The van der Waals surface area contributed by atoms with Crippen molar-refractivity contribution in [1.82, 2.24) is 5.32 Å². The fraction of sp³-hybridized carbons (Fsp3) is 0.900. The van der Waals surface area contributed by atoms with Crippen LogP contribution in [-0.4, -0.2) is 43.1 Å². The lowest BCUT2D eigenvalue weighted by Crippen LogP contribution is -2.43. The van der Waals surface area contributed by atoms with E-state index in [1.165, 1.54) is 0 Å². The quantitative estimate of drug-likeness (QED) is 0.700. The SMILES string of the molecule is CC(O)CCC(=O)NCC(C)(C)S(C)(=O)=O. The summed E-state index contributed by atoms with van der Waals surface area (Å²) in [6, 6.07) is 0. The zero-order chi connectivity index (χ0) is 13.0. The fourth-order valence-electron chi connectivity index (χ4n) is 0.871. The molecule has 0 bridgehead atoms. The first-order valence-electron chi connectivity index (χ1n) is 5.20. The lowest BCUT2D eigenvalue weighted by atomic mass is 10.2. The van der Waals surface area contributed by atoms with E-state index < -0.39 is 20.7 Å². The van der Waals surface area contributed by atoms with Gasteiger partial charge in [-0.15, -0.1) is 0 Å². The zero-order valence-corrected chi connectivity index (χ0v) is 11.1. The van der Waals surface area contributed by atoms with Crippen molar-refractivity contribution in [3.8, 4) is 0 Å². The smallest absolute Gasteiger partial charge is 0.220 e. The monoisotopic (exact) mass is 251 g/mol. The van der Waals surface area contributed by atoms with Gasteiger partial charge in [-0.1, -0.05) is 0 Å². The van der Waals surface area contributed by atoms with Gasteiger partial charge in [0.25, 0.3) is 0 Å². The van der Waals surface area contributed by atoms with Crippen LogP contribution in [0.3, 0.4) is 0 Å². The van der Waals surface area contributed by atoms with Gasteiger partial charge in [0.2, 0.25) is 5.91 Å². The van der Waals surface area contributed by atoms with E-state index >= 15 is 0 Å². The molecule has 0 aromatic carbocycles. The number of hydrogen-bond donors (Lipinski definition) is 2. The van der Waals surface area contributed by atoms with Crippen LogP contribution in [0.4, 0.5) is 0 Å². The molecule has 5 nitrogen and oxygen atoms in total. The lowest BCUT2D eigenvalue weighted by Gasteiger charge is -2.22. The topological polar surface area (TPSA) is 83.5 Å². The summed E-state index contributed by atoms with van der Waals surface area (Å²) in [7, 11) is -3.19. The Balaban J connectivity index is 4.11. The Morgan fingerprint density at radius 1 is 1.44 bits per heavy atom. The third-order valence-electron chi connectivity index (χ3n) is 2.50. The molecule has 0 aliphatic rings. The summed E-state index contributed by atoms with van der Waals surface area (Å²) in [5.41, 5.74) is 0. The predicted octanol–water partition coefficient (Wildman–Crippen LogP) is 0.0868. The molecular weight excluding hydrogens is 230 g/mol. The molecular formula is C10H21NO4S. The van der Waals surface area contributed by atoms with Gasteiger partial charge in [0.1, 0.15) is 0 Å². The minimum absolute atomic E-state index is 0.0878. The molecule has 1 amide bonds. The molecule has 0 heterocycles. The highest BCUT2D eigenvalue weighted by Gasteiger charge is 2.30. The average molecular weight is 251 g/mol. The van der Waals surface area contributed by atoms with Crippen LogP contribution >= 0.6 is 0 Å². The van der Waals surface area contributed by atoms with Crippen LogP contribution in [0.25, 0.3) is 0 Å². The summed E-state index contributed by atoms with van der Waals surface area (Å²) in [4.78, 5) is 11.3. The predicted molar refractivity (Wildman–Crippen MR) is 62.8 cm³/mol. The van der Waals surface area contributed by atoms with E-state index in [0.29, 0.717) is 6.42 Å². The van der Waals surface area contributed by atoms with Crippen LogP contribution in [0.1, 0.15) is 33.6 Å². The number of sulfone groups is 1. The van der Waals surface area contributed by atoms with E-state index in [2.05, 4.69) is 5.32 Å². The molecule has 0 saturated heterocycles. The van der Waals surface area contributed by atoms with Crippen molar-refractivity contribution in [2.75, 3.05) is 12.8 Å². The first-order chi connectivity index (χ1) is 7.06. The molecule has 0 rings (SSSR count). The minimum atomic E-state index is -3.19. The van der Waals surface area contributed by atoms with Gasteiger partial charge >= 0.3 is 0 Å². The lowest BCUT2D eigenvalue weighted by molar-refractivity contribution is -0.121. The Morgan fingerprint density at radius 3 is 2.31 bits per heavy atom. The average Bonchev–Trinajstić information content (AvgIpc) is 2.09. The maximum absolute atomic E-state index is 11.3. The number of rotatable bonds is 6. The van der Waals surface area contributed by atoms with Crippen molar-refractivity contribution in [3.63, 3.8) is 0 Å². The van der Waals surface area contributed by atoms with E-state index in [1.807, 2.05) is 0 Å². The largest absolute Gasteiger partial charge is 0.393 e. The highest BCUT2D eigenvalue weighted by molar-refractivity contribution is 7.92. The van der Waals surface area contributed by atoms with Gasteiger partial charge < -0.3 is 10.4 Å². The van der Waals surface area contributed by atoms with Gasteiger partial charge in [0, 0.05) is 19.2 Å². The first kappa shape index (κ1) is 15.4. The number of aliphatic hydroxyl groups is 1. The minimum Gasteiger partial charge on any atom is -0.393 e. The third kappa shape index (κ3) is 5.46. The van der Waals surface area contributed by atoms with Gasteiger partial charge in [-0.25, -0.2) is 8.42 Å². The Kier molecular flexibility index (Phi) is 5.41. The summed E-state index contributed by atoms with van der Waals surface area (Å²) in [5, 5.41) is 11.5. The molecule has 1 atom stereocenters. The van der Waals surface area contributed by atoms with E-state index in [0.717, 1.165) is 6.26 Å². The van der Waals surface area contributed by atoms with E-state index in [9.17, 15) is 13.2 Å². The van der Waals surface area contributed by atoms with Crippen molar-refractivity contribution < 1.29 is 18.3 Å². The third-order valence-corrected chi connectivity index (χ3v) is 4.66. The van der Waals surface area contributed by atoms with Crippen LogP contribution in [-0.2, 0) is 14.6 Å². The number of amides is 1. The maximum atomic E-state index is 11.3. The molecule has 0 aromatic rings. The summed E-state index contributed by atoms with van der Waals surface area (Å²) in [6.07, 6.45) is 1.21. The van der Waals surface area contributed by atoms with Crippen molar-refractivity contribution in [2.24, 2.45) is 0 Å².